The SMILES string of the molecule is CS(=O)(=O)c1ccccc1NC(=O)CC1(N)CCCC1. The van der Waals surface area contributed by atoms with Crippen molar-refractivity contribution in [3.05, 3.63) is 24.3 Å². The summed E-state index contributed by atoms with van der Waals surface area (Å²) in [6.45, 7) is 0. The molecule has 1 aliphatic rings. The molecule has 0 radical (unpaired) electrons. The number of rotatable bonds is 4. The average molecular weight is 296 g/mol. The van der Waals surface area contributed by atoms with Crippen LogP contribution in [0, 0.1) is 0 Å². The van der Waals surface area contributed by atoms with Gasteiger partial charge >= 0.3 is 0 Å². The summed E-state index contributed by atoms with van der Waals surface area (Å²) in [6, 6.07) is 6.40. The lowest BCUT2D eigenvalue weighted by atomic mass is 9.94. The van der Waals surface area contributed by atoms with E-state index in [0.717, 1.165) is 31.9 Å². The molecule has 2 rings (SSSR count). The van der Waals surface area contributed by atoms with Gasteiger partial charge in [0.15, 0.2) is 9.84 Å². The number of amides is 1. The summed E-state index contributed by atoms with van der Waals surface area (Å²) in [4.78, 5) is 12.2. The van der Waals surface area contributed by atoms with E-state index in [-0.39, 0.29) is 17.2 Å². The van der Waals surface area contributed by atoms with Gasteiger partial charge in [-0.25, -0.2) is 8.42 Å². The van der Waals surface area contributed by atoms with Crippen LogP contribution in [0.15, 0.2) is 29.2 Å². The zero-order chi connectivity index (χ0) is 14.8. The molecule has 0 aromatic heterocycles. The Kier molecular flexibility index (Phi) is 4.15. The Balaban J connectivity index is 2.12. The largest absolute Gasteiger partial charge is 0.325 e. The van der Waals surface area contributed by atoms with Crippen molar-refractivity contribution in [2.45, 2.75) is 42.5 Å². The van der Waals surface area contributed by atoms with E-state index in [1.54, 1.807) is 18.2 Å². The van der Waals surface area contributed by atoms with Crippen LogP contribution in [0.1, 0.15) is 32.1 Å². The maximum atomic E-state index is 12.1. The molecule has 3 N–H and O–H groups in total. The Morgan fingerprint density at radius 1 is 1.30 bits per heavy atom. The fourth-order valence-corrected chi connectivity index (χ4v) is 3.51. The summed E-state index contributed by atoms with van der Waals surface area (Å²) in [5.74, 6) is -0.231. The zero-order valence-corrected chi connectivity index (χ0v) is 12.4. The number of hydrogen-bond acceptors (Lipinski definition) is 4. The molecule has 0 unspecified atom stereocenters. The first-order valence-corrected chi connectivity index (χ1v) is 8.57. The Labute approximate surface area is 119 Å². The molecule has 1 fully saturated rings. The number of hydrogen-bond donors (Lipinski definition) is 2. The van der Waals surface area contributed by atoms with Crippen molar-refractivity contribution in [2.24, 2.45) is 5.73 Å². The molecule has 0 atom stereocenters. The molecule has 1 aromatic rings. The van der Waals surface area contributed by atoms with Crippen LogP contribution in [0.5, 0.6) is 0 Å². The fraction of sp³-hybridized carbons (Fsp3) is 0.500. The molecule has 0 bridgehead atoms. The summed E-state index contributed by atoms with van der Waals surface area (Å²) in [7, 11) is -3.37. The normalized spacial score (nSPS) is 17.9. The van der Waals surface area contributed by atoms with Gasteiger partial charge in [-0.3, -0.25) is 4.79 Å². The lowest BCUT2D eigenvalue weighted by molar-refractivity contribution is -0.117. The van der Waals surface area contributed by atoms with Crippen LogP contribution in [0.3, 0.4) is 0 Å². The zero-order valence-electron chi connectivity index (χ0n) is 11.6. The molecule has 20 heavy (non-hydrogen) atoms. The maximum absolute atomic E-state index is 12.1. The smallest absolute Gasteiger partial charge is 0.226 e. The van der Waals surface area contributed by atoms with Crippen LogP contribution in [0.2, 0.25) is 0 Å². The molecule has 6 heteroatoms. The van der Waals surface area contributed by atoms with Crippen LogP contribution >= 0.6 is 0 Å². The predicted octanol–water partition coefficient (Wildman–Crippen LogP) is 1.69. The van der Waals surface area contributed by atoms with E-state index in [4.69, 9.17) is 5.73 Å². The monoisotopic (exact) mass is 296 g/mol. The number of nitrogens with one attached hydrogen (secondary N) is 1. The summed E-state index contributed by atoms with van der Waals surface area (Å²) < 4.78 is 23.3. The highest BCUT2D eigenvalue weighted by Crippen LogP contribution is 2.30. The number of para-hydroxylation sites is 1. The Hall–Kier alpha value is -1.40. The molecule has 0 saturated heterocycles. The predicted molar refractivity (Wildman–Crippen MR) is 78.2 cm³/mol. The van der Waals surface area contributed by atoms with Gasteiger partial charge in [0.25, 0.3) is 0 Å². The number of carbonyl (C=O) groups excluding carboxylic acids is 1. The van der Waals surface area contributed by atoms with Crippen LogP contribution in [0.4, 0.5) is 5.69 Å². The van der Waals surface area contributed by atoms with Crippen molar-refractivity contribution in [2.75, 3.05) is 11.6 Å². The van der Waals surface area contributed by atoms with Crippen molar-refractivity contribution < 1.29 is 13.2 Å². The molecule has 1 aliphatic carbocycles. The minimum atomic E-state index is -3.37. The van der Waals surface area contributed by atoms with Crippen molar-refractivity contribution in [1.29, 1.82) is 0 Å². The second-order valence-corrected chi connectivity index (χ2v) is 7.55. The minimum Gasteiger partial charge on any atom is -0.325 e. The van der Waals surface area contributed by atoms with Crippen molar-refractivity contribution in [3.8, 4) is 0 Å². The second kappa shape index (κ2) is 5.54. The highest BCUT2D eigenvalue weighted by molar-refractivity contribution is 7.90. The fourth-order valence-electron chi connectivity index (χ4n) is 2.66. The van der Waals surface area contributed by atoms with Gasteiger partial charge in [0.05, 0.1) is 10.6 Å². The third kappa shape index (κ3) is 3.58. The highest BCUT2D eigenvalue weighted by Gasteiger charge is 2.32. The van der Waals surface area contributed by atoms with Crippen molar-refractivity contribution in [3.63, 3.8) is 0 Å². The van der Waals surface area contributed by atoms with Gasteiger partial charge in [-0.1, -0.05) is 25.0 Å². The Bertz CT molecular complexity index is 605. The van der Waals surface area contributed by atoms with E-state index in [9.17, 15) is 13.2 Å². The van der Waals surface area contributed by atoms with E-state index in [1.165, 1.54) is 6.07 Å². The van der Waals surface area contributed by atoms with Gasteiger partial charge in [0.2, 0.25) is 5.91 Å². The second-order valence-electron chi connectivity index (χ2n) is 5.56. The van der Waals surface area contributed by atoms with Crippen molar-refractivity contribution in [1.82, 2.24) is 0 Å². The van der Waals surface area contributed by atoms with Gasteiger partial charge in [-0.15, -0.1) is 0 Å². The van der Waals surface area contributed by atoms with E-state index < -0.39 is 15.4 Å². The molecular weight excluding hydrogens is 276 g/mol. The summed E-state index contributed by atoms with van der Waals surface area (Å²) in [5, 5.41) is 2.67. The van der Waals surface area contributed by atoms with E-state index in [0.29, 0.717) is 5.69 Å². The number of nitrogens with two attached hydrogens (primary N) is 1. The van der Waals surface area contributed by atoms with E-state index in [2.05, 4.69) is 5.32 Å². The summed E-state index contributed by atoms with van der Waals surface area (Å²) in [6.07, 6.45) is 5.13. The Morgan fingerprint density at radius 2 is 1.90 bits per heavy atom. The number of benzene rings is 1. The van der Waals surface area contributed by atoms with Gasteiger partial charge in [-0.2, -0.15) is 0 Å². The molecule has 1 saturated carbocycles. The third-order valence-electron chi connectivity index (χ3n) is 3.67. The lowest BCUT2D eigenvalue weighted by Gasteiger charge is -2.22. The minimum absolute atomic E-state index is 0.130. The topological polar surface area (TPSA) is 89.3 Å². The molecule has 0 heterocycles. The number of anilines is 1. The van der Waals surface area contributed by atoms with Crippen LogP contribution in [-0.4, -0.2) is 26.1 Å². The summed E-state index contributed by atoms with van der Waals surface area (Å²) in [5.41, 5.74) is 6.04. The summed E-state index contributed by atoms with van der Waals surface area (Å²) >= 11 is 0. The first-order chi connectivity index (χ1) is 9.30. The quantitative estimate of drug-likeness (QED) is 0.885. The van der Waals surface area contributed by atoms with Crippen LogP contribution in [0.25, 0.3) is 0 Å². The number of carbonyl (C=O) groups is 1. The molecule has 1 amide bonds. The van der Waals surface area contributed by atoms with E-state index in [1.807, 2.05) is 0 Å². The first-order valence-electron chi connectivity index (χ1n) is 6.68. The highest BCUT2D eigenvalue weighted by atomic mass is 32.2. The van der Waals surface area contributed by atoms with Crippen LogP contribution < -0.4 is 11.1 Å². The molecule has 1 aromatic carbocycles. The molecule has 0 aliphatic heterocycles. The molecular formula is C14H20N2O3S. The maximum Gasteiger partial charge on any atom is 0.226 e. The average Bonchev–Trinajstić information content (AvgIpc) is 2.74. The Morgan fingerprint density at radius 3 is 2.50 bits per heavy atom. The first kappa shape index (κ1) is 15.0. The third-order valence-corrected chi connectivity index (χ3v) is 4.83. The molecule has 110 valence electrons. The lowest BCUT2D eigenvalue weighted by Crippen LogP contribution is -2.40. The van der Waals surface area contributed by atoms with E-state index >= 15 is 0 Å². The van der Waals surface area contributed by atoms with Gasteiger partial charge in [0.1, 0.15) is 0 Å². The molecule has 5 nitrogen and oxygen atoms in total. The van der Waals surface area contributed by atoms with Crippen molar-refractivity contribution >= 4 is 21.4 Å². The number of sulfone groups is 1. The van der Waals surface area contributed by atoms with Gasteiger partial charge < -0.3 is 11.1 Å². The van der Waals surface area contributed by atoms with Gasteiger partial charge in [0, 0.05) is 18.2 Å². The van der Waals surface area contributed by atoms with Gasteiger partial charge in [-0.05, 0) is 25.0 Å². The molecule has 0 spiro atoms. The standard InChI is InChI=1S/C14H20N2O3S/c1-20(18,19)12-7-3-2-6-11(12)16-13(17)10-14(15)8-4-5-9-14/h2-3,6-7H,4-5,8-10,15H2,1H3,(H,16,17). The van der Waals surface area contributed by atoms with Crippen LogP contribution in [-0.2, 0) is 14.6 Å².